The summed E-state index contributed by atoms with van der Waals surface area (Å²) in [5.41, 5.74) is 0.865. The molecule has 0 radical (unpaired) electrons. The molecule has 2 rings (SSSR count). The van der Waals surface area contributed by atoms with Crippen LogP contribution in [0, 0.1) is 0 Å². The molecule has 0 spiro atoms. The van der Waals surface area contributed by atoms with Crippen molar-refractivity contribution in [2.75, 3.05) is 18.0 Å². The van der Waals surface area contributed by atoms with E-state index < -0.39 is 5.97 Å². The fraction of sp³-hybridized carbons (Fsp3) is 0.444. The first-order valence-electron chi connectivity index (χ1n) is 4.58. The number of carbonyl (C=O) groups is 1. The third-order valence-corrected chi connectivity index (χ3v) is 2.33. The number of rotatable bonds is 2. The summed E-state index contributed by atoms with van der Waals surface area (Å²) in [6.45, 7) is 1.95. The van der Waals surface area contributed by atoms with Gasteiger partial charge in [0.15, 0.2) is 5.69 Å². The summed E-state index contributed by atoms with van der Waals surface area (Å²) in [6.07, 6.45) is 3.92. The first-order chi connectivity index (χ1) is 6.77. The normalized spacial score (nSPS) is 15.9. The van der Waals surface area contributed by atoms with Crippen LogP contribution in [-0.2, 0) is 0 Å². The highest BCUT2D eigenvalue weighted by Gasteiger charge is 2.14. The summed E-state index contributed by atoms with van der Waals surface area (Å²) in [7, 11) is 0. The highest BCUT2D eigenvalue weighted by atomic mass is 16.4. The van der Waals surface area contributed by atoms with Crippen molar-refractivity contribution in [3.8, 4) is 0 Å². The van der Waals surface area contributed by atoms with E-state index in [4.69, 9.17) is 5.11 Å². The lowest BCUT2D eigenvalue weighted by molar-refractivity contribution is 0.0689. The van der Waals surface area contributed by atoms with E-state index in [1.165, 1.54) is 0 Å². The van der Waals surface area contributed by atoms with Gasteiger partial charge >= 0.3 is 5.97 Å². The van der Waals surface area contributed by atoms with Crippen molar-refractivity contribution in [2.24, 2.45) is 0 Å². The Morgan fingerprint density at radius 2 is 2.14 bits per heavy atom. The molecule has 0 aromatic carbocycles. The van der Waals surface area contributed by atoms with Gasteiger partial charge in [0, 0.05) is 13.1 Å². The molecule has 0 saturated carbocycles. The van der Waals surface area contributed by atoms with Crippen molar-refractivity contribution in [1.82, 2.24) is 10.2 Å². The number of hydrogen-bond acceptors (Lipinski definition) is 4. The zero-order valence-electron chi connectivity index (χ0n) is 7.68. The van der Waals surface area contributed by atoms with Gasteiger partial charge in [-0.1, -0.05) is 0 Å². The Morgan fingerprint density at radius 1 is 1.43 bits per heavy atom. The lowest BCUT2D eigenvalue weighted by Gasteiger charge is -2.16. The van der Waals surface area contributed by atoms with E-state index in [0.29, 0.717) is 0 Å². The molecule has 5 nitrogen and oxygen atoms in total. The first kappa shape index (κ1) is 8.93. The van der Waals surface area contributed by atoms with Gasteiger partial charge in [-0.05, 0) is 18.9 Å². The van der Waals surface area contributed by atoms with E-state index >= 15 is 0 Å². The third-order valence-electron chi connectivity index (χ3n) is 2.33. The van der Waals surface area contributed by atoms with Gasteiger partial charge in [-0.15, -0.1) is 5.10 Å². The Kier molecular flexibility index (Phi) is 2.30. The minimum Gasteiger partial charge on any atom is -0.476 e. The molecule has 1 N–H and O–H groups in total. The highest BCUT2D eigenvalue weighted by Crippen LogP contribution is 2.18. The van der Waals surface area contributed by atoms with E-state index in [2.05, 4.69) is 15.1 Å². The Labute approximate surface area is 81.4 Å². The second kappa shape index (κ2) is 3.61. The van der Waals surface area contributed by atoms with Gasteiger partial charge in [0.05, 0.1) is 11.9 Å². The Hall–Kier alpha value is -1.65. The minimum atomic E-state index is -1.03. The van der Waals surface area contributed by atoms with Crippen LogP contribution in [0.5, 0.6) is 0 Å². The molecule has 1 fully saturated rings. The van der Waals surface area contributed by atoms with Crippen molar-refractivity contribution in [1.29, 1.82) is 0 Å². The summed E-state index contributed by atoms with van der Waals surface area (Å²) in [5, 5.41) is 15.9. The standard InChI is InChI=1S/C9H11N3O2/c13-9(14)8-5-7(6-10-11-8)12-3-1-2-4-12/h5-6H,1-4H2,(H,13,14). The number of nitrogens with zero attached hydrogens (tertiary/aromatic N) is 3. The predicted octanol–water partition coefficient (Wildman–Crippen LogP) is 0.775. The van der Waals surface area contributed by atoms with Crippen molar-refractivity contribution in [2.45, 2.75) is 12.8 Å². The number of hydrogen-bond donors (Lipinski definition) is 1. The maximum absolute atomic E-state index is 10.6. The summed E-state index contributed by atoms with van der Waals surface area (Å²) in [6, 6.07) is 1.57. The quantitative estimate of drug-likeness (QED) is 0.751. The lowest BCUT2D eigenvalue weighted by Crippen LogP contribution is -2.18. The molecule has 0 unspecified atom stereocenters. The summed E-state index contributed by atoms with van der Waals surface area (Å²) >= 11 is 0. The number of carboxylic acid groups (broad SMARTS) is 1. The molecule has 0 atom stereocenters. The van der Waals surface area contributed by atoms with Gasteiger partial charge in [0.1, 0.15) is 0 Å². The van der Waals surface area contributed by atoms with E-state index in [1.54, 1.807) is 12.3 Å². The smallest absolute Gasteiger partial charge is 0.356 e. The SMILES string of the molecule is O=C(O)c1cc(N2CCCC2)cnn1. The molecule has 1 aromatic rings. The van der Waals surface area contributed by atoms with Crippen LogP contribution in [-0.4, -0.2) is 34.4 Å². The van der Waals surface area contributed by atoms with Crippen molar-refractivity contribution < 1.29 is 9.90 Å². The van der Waals surface area contributed by atoms with E-state index in [1.807, 2.05) is 0 Å². The van der Waals surface area contributed by atoms with E-state index in [0.717, 1.165) is 31.6 Å². The van der Waals surface area contributed by atoms with Crippen molar-refractivity contribution in [3.63, 3.8) is 0 Å². The summed E-state index contributed by atoms with van der Waals surface area (Å²) < 4.78 is 0. The molecule has 1 aromatic heterocycles. The van der Waals surface area contributed by atoms with Crippen LogP contribution in [0.4, 0.5) is 5.69 Å². The molecule has 74 valence electrons. The highest BCUT2D eigenvalue weighted by molar-refractivity contribution is 5.86. The van der Waals surface area contributed by atoms with Crippen LogP contribution in [0.2, 0.25) is 0 Å². The van der Waals surface area contributed by atoms with Crippen molar-refractivity contribution >= 4 is 11.7 Å². The summed E-state index contributed by atoms with van der Waals surface area (Å²) in [5.74, 6) is -1.03. The van der Waals surface area contributed by atoms with Crippen LogP contribution in [0.3, 0.4) is 0 Å². The molecule has 1 aliphatic rings. The zero-order valence-corrected chi connectivity index (χ0v) is 7.68. The van der Waals surface area contributed by atoms with E-state index in [-0.39, 0.29) is 5.69 Å². The maximum atomic E-state index is 10.6. The van der Waals surface area contributed by atoms with Gasteiger partial charge in [0.2, 0.25) is 0 Å². The molecule has 0 bridgehead atoms. The number of aromatic nitrogens is 2. The van der Waals surface area contributed by atoms with Crippen molar-refractivity contribution in [3.05, 3.63) is 18.0 Å². The molecular formula is C9H11N3O2. The monoisotopic (exact) mass is 193 g/mol. The first-order valence-corrected chi connectivity index (χ1v) is 4.58. The van der Waals surface area contributed by atoms with Crippen LogP contribution in [0.15, 0.2) is 12.3 Å². The molecular weight excluding hydrogens is 182 g/mol. The Balaban J connectivity index is 2.25. The predicted molar refractivity (Wildman–Crippen MR) is 50.4 cm³/mol. The maximum Gasteiger partial charge on any atom is 0.356 e. The third kappa shape index (κ3) is 1.66. The molecule has 1 saturated heterocycles. The van der Waals surface area contributed by atoms with E-state index in [9.17, 15) is 4.79 Å². The average molecular weight is 193 g/mol. The molecule has 1 aliphatic heterocycles. The number of carboxylic acids is 1. The van der Waals surface area contributed by atoms with Crippen LogP contribution < -0.4 is 4.90 Å². The second-order valence-electron chi connectivity index (χ2n) is 3.30. The molecule has 0 aliphatic carbocycles. The Morgan fingerprint density at radius 3 is 2.79 bits per heavy atom. The fourth-order valence-electron chi connectivity index (χ4n) is 1.61. The number of anilines is 1. The van der Waals surface area contributed by atoms with Crippen LogP contribution in [0.1, 0.15) is 23.3 Å². The summed E-state index contributed by atoms with van der Waals surface area (Å²) in [4.78, 5) is 12.8. The van der Waals surface area contributed by atoms with Gasteiger partial charge in [-0.25, -0.2) is 4.79 Å². The van der Waals surface area contributed by atoms with Crippen LogP contribution in [0.25, 0.3) is 0 Å². The zero-order chi connectivity index (χ0) is 9.97. The second-order valence-corrected chi connectivity index (χ2v) is 3.30. The van der Waals surface area contributed by atoms with Gasteiger partial charge < -0.3 is 10.0 Å². The Bertz CT molecular complexity index is 348. The molecule has 0 amide bonds. The molecule has 14 heavy (non-hydrogen) atoms. The van der Waals surface area contributed by atoms with Gasteiger partial charge in [-0.3, -0.25) is 0 Å². The van der Waals surface area contributed by atoms with Gasteiger partial charge in [0.25, 0.3) is 0 Å². The number of aromatic carboxylic acids is 1. The minimum absolute atomic E-state index is 0.00870. The molecule has 5 heteroatoms. The topological polar surface area (TPSA) is 66.3 Å². The van der Waals surface area contributed by atoms with Crippen LogP contribution >= 0.6 is 0 Å². The average Bonchev–Trinajstić information content (AvgIpc) is 2.71. The van der Waals surface area contributed by atoms with Gasteiger partial charge in [-0.2, -0.15) is 5.10 Å². The molecule has 2 heterocycles. The fourth-order valence-corrected chi connectivity index (χ4v) is 1.61. The lowest BCUT2D eigenvalue weighted by atomic mass is 10.3. The largest absolute Gasteiger partial charge is 0.476 e.